The van der Waals surface area contributed by atoms with E-state index in [1.807, 2.05) is 11.0 Å². The third kappa shape index (κ3) is 6.57. The molecule has 2 aromatic carbocycles. The highest BCUT2D eigenvalue weighted by atomic mass is 16.5. The van der Waals surface area contributed by atoms with Crippen LogP contribution < -0.4 is 26.2 Å². The number of fused-ring (bicyclic) bond motifs is 1. The van der Waals surface area contributed by atoms with E-state index in [0.717, 1.165) is 11.3 Å². The van der Waals surface area contributed by atoms with Crippen LogP contribution in [-0.4, -0.2) is 64.3 Å². The number of carbonyl (C=O) groups is 3. The van der Waals surface area contributed by atoms with Gasteiger partial charge >= 0.3 is 11.9 Å². The van der Waals surface area contributed by atoms with Crippen molar-refractivity contribution in [3.63, 3.8) is 0 Å². The van der Waals surface area contributed by atoms with E-state index in [0.29, 0.717) is 30.5 Å². The van der Waals surface area contributed by atoms with Crippen LogP contribution in [0, 0.1) is 0 Å². The minimum absolute atomic E-state index is 0.130. The van der Waals surface area contributed by atoms with Crippen LogP contribution in [0.1, 0.15) is 28.8 Å². The van der Waals surface area contributed by atoms with E-state index in [1.54, 1.807) is 36.4 Å². The summed E-state index contributed by atoms with van der Waals surface area (Å²) in [7, 11) is 1.42. The topological polar surface area (TPSA) is 188 Å². The van der Waals surface area contributed by atoms with Crippen molar-refractivity contribution in [1.29, 1.82) is 0 Å². The van der Waals surface area contributed by atoms with Gasteiger partial charge in [-0.15, -0.1) is 0 Å². The molecule has 12 nitrogen and oxygen atoms in total. The first kappa shape index (κ1) is 26.2. The number of rotatable bonds is 12. The molecule has 0 fully saturated rings. The summed E-state index contributed by atoms with van der Waals surface area (Å²) in [6, 6.07) is 10.7. The lowest BCUT2D eigenvalue weighted by atomic mass is 10.1. The van der Waals surface area contributed by atoms with Crippen LogP contribution >= 0.6 is 0 Å². The number of hydrogen-bond donors (Lipinski definition) is 5. The van der Waals surface area contributed by atoms with E-state index in [9.17, 15) is 24.3 Å². The Bertz CT molecular complexity index is 1310. The Morgan fingerprint density at radius 1 is 1.17 bits per heavy atom. The minimum Gasteiger partial charge on any atom is -0.481 e. The summed E-state index contributed by atoms with van der Waals surface area (Å²) in [5, 5.41) is 20.8. The number of aromatic nitrogens is 2. The fourth-order valence-electron chi connectivity index (χ4n) is 3.63. The molecule has 12 heteroatoms. The zero-order valence-corrected chi connectivity index (χ0v) is 19.6. The molecule has 0 spiro atoms. The van der Waals surface area contributed by atoms with Crippen LogP contribution in [0.3, 0.4) is 0 Å². The Labute approximate surface area is 205 Å². The maximum absolute atomic E-state index is 12.5. The van der Waals surface area contributed by atoms with Crippen molar-refractivity contribution in [3.8, 4) is 6.01 Å². The number of H-pyrrole nitrogens is 1. The van der Waals surface area contributed by atoms with Gasteiger partial charge < -0.3 is 30.9 Å². The number of nitrogens with zero attached hydrogens (tertiary/aromatic N) is 2. The summed E-state index contributed by atoms with van der Waals surface area (Å²) in [5.74, 6) is -3.08. The van der Waals surface area contributed by atoms with Gasteiger partial charge in [-0.1, -0.05) is 6.07 Å². The lowest BCUT2D eigenvalue weighted by Crippen LogP contribution is -2.41. The molecular formula is C24H27N5O7. The fraction of sp³-hybridized carbons (Fsp3) is 0.292. The molecule has 1 amide bonds. The van der Waals surface area contributed by atoms with Crippen LogP contribution in [0.4, 0.5) is 5.69 Å². The summed E-state index contributed by atoms with van der Waals surface area (Å²) in [6.07, 6.45) is -0.607. The third-order valence-corrected chi connectivity index (χ3v) is 5.46. The average molecular weight is 498 g/mol. The van der Waals surface area contributed by atoms with Gasteiger partial charge in [0.1, 0.15) is 6.04 Å². The summed E-state index contributed by atoms with van der Waals surface area (Å²) < 4.78 is 5.00. The molecule has 3 rings (SSSR count). The summed E-state index contributed by atoms with van der Waals surface area (Å²) in [6.45, 7) is 1.29. The normalized spacial score (nSPS) is 11.6. The number of anilines is 1. The molecule has 0 radical (unpaired) electrons. The number of carboxylic acid groups (broad SMARTS) is 2. The maximum atomic E-state index is 12.5. The number of nitrogens with one attached hydrogen (secondary N) is 2. The monoisotopic (exact) mass is 497 g/mol. The average Bonchev–Trinajstić information content (AvgIpc) is 2.86. The number of benzene rings is 2. The van der Waals surface area contributed by atoms with Crippen LogP contribution in [0.25, 0.3) is 10.9 Å². The lowest BCUT2D eigenvalue weighted by Gasteiger charge is -2.25. The predicted octanol–water partition coefficient (Wildman–Crippen LogP) is 0.945. The summed E-state index contributed by atoms with van der Waals surface area (Å²) in [5.41, 5.74) is 7.82. The van der Waals surface area contributed by atoms with Crippen LogP contribution in [-0.2, 0) is 16.1 Å². The molecule has 0 bridgehead atoms. The number of hydrogen-bond acceptors (Lipinski definition) is 8. The minimum atomic E-state index is -1.31. The number of aromatic amines is 1. The Kier molecular flexibility index (Phi) is 8.57. The zero-order chi connectivity index (χ0) is 26.2. The van der Waals surface area contributed by atoms with Gasteiger partial charge in [0.2, 0.25) is 0 Å². The van der Waals surface area contributed by atoms with E-state index in [2.05, 4.69) is 15.3 Å². The van der Waals surface area contributed by atoms with E-state index < -0.39 is 23.9 Å². The van der Waals surface area contributed by atoms with Crippen molar-refractivity contribution >= 4 is 34.4 Å². The molecule has 0 aliphatic carbocycles. The Hall–Kier alpha value is -4.45. The van der Waals surface area contributed by atoms with E-state index >= 15 is 0 Å². The molecule has 0 saturated carbocycles. The quantitative estimate of drug-likeness (QED) is 0.241. The number of nitrogens with two attached hydrogens (primary N) is 1. The molecule has 0 unspecified atom stereocenters. The molecule has 0 aliphatic heterocycles. The van der Waals surface area contributed by atoms with E-state index in [1.165, 1.54) is 7.11 Å². The van der Waals surface area contributed by atoms with Gasteiger partial charge in [0, 0.05) is 37.3 Å². The van der Waals surface area contributed by atoms with Crippen molar-refractivity contribution in [2.45, 2.75) is 25.4 Å². The first-order valence-corrected chi connectivity index (χ1v) is 11.1. The standard InChI is InChI=1S/C24H27N5O7/c1-36-24-27-18-7-2-14(12-17(18)22(33)28-24)13-29(11-10-25)16-5-3-15(4-6-16)21(32)26-19(23(34)35)8-9-20(30)31/h2-7,12,19H,8-11,13,25H2,1H3,(H,26,32)(H,30,31)(H,34,35)(H,27,28,33)/t19-/m0/s1. The predicted molar refractivity (Wildman–Crippen MR) is 131 cm³/mol. The molecule has 0 saturated heterocycles. The van der Waals surface area contributed by atoms with Crippen molar-refractivity contribution in [1.82, 2.24) is 15.3 Å². The van der Waals surface area contributed by atoms with Gasteiger partial charge in [0.15, 0.2) is 0 Å². The molecule has 1 aromatic heterocycles. The van der Waals surface area contributed by atoms with E-state index in [-0.39, 0.29) is 30.0 Å². The van der Waals surface area contributed by atoms with Crippen molar-refractivity contribution in [2.24, 2.45) is 5.73 Å². The Balaban J connectivity index is 1.76. The molecule has 36 heavy (non-hydrogen) atoms. The van der Waals surface area contributed by atoms with Gasteiger partial charge in [0.05, 0.1) is 18.0 Å². The van der Waals surface area contributed by atoms with Crippen LogP contribution in [0.5, 0.6) is 6.01 Å². The van der Waals surface area contributed by atoms with Crippen LogP contribution in [0.15, 0.2) is 47.3 Å². The second kappa shape index (κ2) is 11.8. The van der Waals surface area contributed by atoms with Crippen molar-refractivity contribution in [3.05, 3.63) is 63.9 Å². The van der Waals surface area contributed by atoms with Gasteiger partial charge in [-0.3, -0.25) is 19.4 Å². The first-order valence-electron chi connectivity index (χ1n) is 11.1. The van der Waals surface area contributed by atoms with Crippen LogP contribution in [0.2, 0.25) is 0 Å². The molecule has 1 atom stereocenters. The van der Waals surface area contributed by atoms with Crippen molar-refractivity contribution < 1.29 is 29.3 Å². The first-order chi connectivity index (χ1) is 17.2. The largest absolute Gasteiger partial charge is 0.481 e. The van der Waals surface area contributed by atoms with Gasteiger partial charge in [-0.2, -0.15) is 4.98 Å². The van der Waals surface area contributed by atoms with Gasteiger partial charge in [-0.05, 0) is 48.4 Å². The number of aliphatic carboxylic acids is 2. The van der Waals surface area contributed by atoms with Crippen molar-refractivity contribution in [2.75, 3.05) is 25.1 Å². The highest BCUT2D eigenvalue weighted by molar-refractivity contribution is 5.97. The van der Waals surface area contributed by atoms with Gasteiger partial charge in [0.25, 0.3) is 17.5 Å². The number of ether oxygens (including phenoxy) is 1. The lowest BCUT2D eigenvalue weighted by molar-refractivity contribution is -0.140. The number of methoxy groups -OCH3 is 1. The number of carboxylic acids is 2. The fourth-order valence-corrected chi connectivity index (χ4v) is 3.63. The number of carbonyl (C=O) groups excluding carboxylic acids is 1. The number of amides is 1. The highest BCUT2D eigenvalue weighted by Gasteiger charge is 2.22. The summed E-state index contributed by atoms with van der Waals surface area (Å²) >= 11 is 0. The second-order valence-corrected chi connectivity index (χ2v) is 7.98. The molecule has 1 heterocycles. The zero-order valence-electron chi connectivity index (χ0n) is 19.6. The second-order valence-electron chi connectivity index (χ2n) is 7.98. The highest BCUT2D eigenvalue weighted by Crippen LogP contribution is 2.20. The summed E-state index contributed by atoms with van der Waals surface area (Å²) in [4.78, 5) is 55.7. The van der Waals surface area contributed by atoms with E-state index in [4.69, 9.17) is 15.6 Å². The van der Waals surface area contributed by atoms with Gasteiger partial charge in [-0.25, -0.2) is 4.79 Å². The third-order valence-electron chi connectivity index (χ3n) is 5.46. The smallest absolute Gasteiger partial charge is 0.326 e. The molecule has 6 N–H and O–H groups in total. The Morgan fingerprint density at radius 3 is 2.50 bits per heavy atom. The molecular weight excluding hydrogens is 470 g/mol. The molecule has 0 aliphatic rings. The maximum Gasteiger partial charge on any atom is 0.326 e. The molecule has 3 aromatic rings. The Morgan fingerprint density at radius 2 is 1.89 bits per heavy atom. The SMILES string of the molecule is COc1nc2ccc(CN(CCN)c3ccc(C(=O)N[C@@H](CCC(=O)O)C(=O)O)cc3)cc2c(=O)[nH]1. The molecule has 190 valence electrons.